The maximum atomic E-state index is 10.1. The first-order chi connectivity index (χ1) is 60.7. The number of aromatic nitrogens is 2. The van der Waals surface area contributed by atoms with Gasteiger partial charge in [0.1, 0.15) is 0 Å². The molecule has 4 nitrogen and oxygen atoms in total. The number of benzene rings is 19. The van der Waals surface area contributed by atoms with E-state index in [2.05, 4.69) is 456 Å². The number of fused-ring (bicyclic) bond motifs is 10. The molecule has 120 heavy (non-hydrogen) atoms. The Labute approximate surface area is 703 Å². The molecule has 0 radical (unpaired) electrons. The largest absolute Gasteiger partial charge is 0.310 e. The summed E-state index contributed by atoms with van der Waals surface area (Å²) >= 11 is 0. The van der Waals surface area contributed by atoms with Crippen LogP contribution in [0, 0.1) is 6.85 Å². The van der Waals surface area contributed by atoms with Crippen molar-refractivity contribution in [3.63, 3.8) is 0 Å². The van der Waals surface area contributed by atoms with Gasteiger partial charge < -0.3 is 18.9 Å². The van der Waals surface area contributed by atoms with E-state index in [1.807, 2.05) is 12.1 Å². The molecule has 23 rings (SSSR count). The van der Waals surface area contributed by atoms with Crippen LogP contribution in [0.1, 0.15) is 9.68 Å². The molecule has 0 N–H and O–H groups in total. The topological polar surface area (TPSA) is 16.3 Å². The van der Waals surface area contributed by atoms with Gasteiger partial charge in [0, 0.05) is 82.0 Å². The van der Waals surface area contributed by atoms with Gasteiger partial charge in [-0.25, -0.2) is 0 Å². The maximum Gasteiger partial charge on any atom is 0.252 e. The van der Waals surface area contributed by atoms with E-state index in [-0.39, 0.29) is 5.56 Å². The highest BCUT2D eigenvalue weighted by atomic mass is 15.2. The smallest absolute Gasteiger partial charge is 0.252 e. The fourth-order valence-corrected chi connectivity index (χ4v) is 19.5. The molecule has 0 atom stereocenters. The van der Waals surface area contributed by atoms with Crippen molar-refractivity contribution in [3.8, 4) is 123 Å². The molecule has 0 bridgehead atoms. The summed E-state index contributed by atoms with van der Waals surface area (Å²) in [6.07, 6.45) is 0. The van der Waals surface area contributed by atoms with Crippen molar-refractivity contribution < 1.29 is 4.11 Å². The van der Waals surface area contributed by atoms with Crippen molar-refractivity contribution in [1.82, 2.24) is 9.13 Å². The Morgan fingerprint density at radius 2 is 0.475 bits per heavy atom. The number of rotatable bonds is 14. The van der Waals surface area contributed by atoms with Crippen LogP contribution in [0.4, 0.5) is 34.1 Å². The Morgan fingerprint density at radius 3 is 0.825 bits per heavy atom. The predicted octanol–water partition coefficient (Wildman–Crippen LogP) is 28.9. The third-order valence-corrected chi connectivity index (χ3v) is 24.8. The zero-order chi connectivity index (χ0) is 81.8. The Balaban J connectivity index is 0.827. The van der Waals surface area contributed by atoms with Crippen molar-refractivity contribution in [2.75, 3.05) is 9.80 Å². The zero-order valence-electron chi connectivity index (χ0n) is 68.6. The normalized spacial score (nSPS) is 12.6. The molecule has 0 unspecified atom stereocenters. The molecule has 0 saturated carbocycles. The van der Waals surface area contributed by atoms with Gasteiger partial charge in [-0.15, -0.1) is 0 Å². The van der Waals surface area contributed by atoms with Crippen LogP contribution >= 0.6 is 0 Å². The Morgan fingerprint density at radius 1 is 0.200 bits per heavy atom. The minimum Gasteiger partial charge on any atom is -0.310 e. The fourth-order valence-electron chi connectivity index (χ4n) is 19.5. The van der Waals surface area contributed by atoms with E-state index in [0.717, 1.165) is 217 Å². The monoisotopic (exact) mass is 1530 g/mol. The van der Waals surface area contributed by atoms with E-state index in [4.69, 9.17) is 0 Å². The number of hydrogen-bond donors (Lipinski definition) is 0. The van der Waals surface area contributed by atoms with Crippen LogP contribution in [0.3, 0.4) is 0 Å². The lowest BCUT2D eigenvalue weighted by molar-refractivity contribution is 1.16. The van der Waals surface area contributed by atoms with Crippen LogP contribution in [0.5, 0.6) is 0 Å². The third-order valence-electron chi connectivity index (χ3n) is 24.8. The highest BCUT2D eigenvalue weighted by molar-refractivity contribution is 7.00. The van der Waals surface area contributed by atoms with E-state index in [0.29, 0.717) is 0 Å². The number of anilines is 6. The Kier molecular flexibility index (Phi) is 16.1. The standard InChI is InChI=1S/C115H77BN4/c1-76-70-111-113-112(71-76)120(115-96(82-40-18-7-19-41-82)49-29-51-98(115)86-60-56-84(57-61-86)94-45-23-21-43-92(94)80-36-14-5-15-37-80)110-75-90(118-106-53-27-25-47-100(106)102-73-88(63-69-108(102)118)78-32-10-3-11-33-78)65-67-104(110)116(113)103-66-64-89(117-105-52-26-24-46-99(105)101-72-87(62-68-107(101)117)77-30-8-2-9-31-77)74-109(103)119(111)114-95(81-38-16-6-17-39-81)48-28-50-97(114)85-58-54-83(55-59-85)93-44-22-20-42-91(93)79-34-12-4-13-35-79/h2-75H,1H3/i1D3. The quantitative estimate of drug-likeness (QED) is 0.101. The van der Waals surface area contributed by atoms with Gasteiger partial charge in [0.2, 0.25) is 0 Å². The van der Waals surface area contributed by atoms with Crippen LogP contribution in [0.15, 0.2) is 449 Å². The van der Waals surface area contributed by atoms with E-state index in [1.54, 1.807) is 0 Å². The van der Waals surface area contributed by atoms with Gasteiger partial charge in [-0.3, -0.25) is 0 Å². The first-order valence-corrected chi connectivity index (χ1v) is 41.3. The van der Waals surface area contributed by atoms with E-state index >= 15 is 0 Å². The summed E-state index contributed by atoms with van der Waals surface area (Å²) in [6, 6.07) is 163. The fraction of sp³-hybridized carbons (Fsp3) is 0.00870. The molecule has 4 heterocycles. The molecule has 2 aliphatic rings. The lowest BCUT2D eigenvalue weighted by Gasteiger charge is -2.46. The predicted molar refractivity (Wildman–Crippen MR) is 508 cm³/mol. The van der Waals surface area contributed by atoms with Crippen LogP contribution in [-0.4, -0.2) is 15.8 Å². The summed E-state index contributed by atoms with van der Waals surface area (Å²) in [4.78, 5) is 4.94. The summed E-state index contributed by atoms with van der Waals surface area (Å²) < 4.78 is 35.1. The number of nitrogens with zero attached hydrogens (tertiary/aromatic N) is 4. The van der Waals surface area contributed by atoms with Crippen molar-refractivity contribution in [2.24, 2.45) is 0 Å². The minimum absolute atomic E-state index is 0.206. The average Bonchev–Trinajstić information content (AvgIpc) is 0.720. The van der Waals surface area contributed by atoms with Crippen LogP contribution < -0.4 is 26.2 Å². The summed E-state index contributed by atoms with van der Waals surface area (Å²) in [5.74, 6) is 0. The van der Waals surface area contributed by atoms with E-state index in [9.17, 15) is 4.11 Å². The second-order valence-corrected chi connectivity index (χ2v) is 31.5. The van der Waals surface area contributed by atoms with Gasteiger partial charge in [-0.05, 0) is 191 Å². The summed E-state index contributed by atoms with van der Waals surface area (Å²) in [5.41, 5.74) is 36.2. The number of hydrogen-bond acceptors (Lipinski definition) is 2. The second kappa shape index (κ2) is 29.0. The number of para-hydroxylation sites is 4. The van der Waals surface area contributed by atoms with Gasteiger partial charge in [-0.1, -0.05) is 376 Å². The molecule has 0 aliphatic carbocycles. The molecule has 0 spiro atoms. The summed E-state index contributed by atoms with van der Waals surface area (Å²) in [5, 5.41) is 4.56. The highest BCUT2D eigenvalue weighted by Crippen LogP contribution is 2.55. The molecule has 0 amide bonds. The van der Waals surface area contributed by atoms with Gasteiger partial charge in [0.05, 0.1) is 33.4 Å². The van der Waals surface area contributed by atoms with Gasteiger partial charge >= 0.3 is 0 Å². The maximum absolute atomic E-state index is 10.1. The average molecular weight is 1530 g/mol. The lowest BCUT2D eigenvalue weighted by Crippen LogP contribution is -2.61. The van der Waals surface area contributed by atoms with E-state index in [1.165, 1.54) is 0 Å². The molecular formula is C115H77BN4. The Hall–Kier alpha value is -15.6. The Bertz CT molecular complexity index is 7250. The highest BCUT2D eigenvalue weighted by Gasteiger charge is 2.46. The summed E-state index contributed by atoms with van der Waals surface area (Å²) in [7, 11) is 0. The zero-order valence-corrected chi connectivity index (χ0v) is 65.6. The van der Waals surface area contributed by atoms with E-state index < -0.39 is 13.6 Å². The lowest BCUT2D eigenvalue weighted by atomic mass is 9.33. The first-order valence-electron chi connectivity index (χ1n) is 42.8. The second-order valence-electron chi connectivity index (χ2n) is 31.5. The van der Waals surface area contributed by atoms with Crippen LogP contribution in [0.25, 0.3) is 166 Å². The van der Waals surface area contributed by atoms with Crippen molar-refractivity contribution >= 4 is 101 Å². The molecule has 5 heteroatoms. The molecule has 0 saturated heterocycles. The van der Waals surface area contributed by atoms with Crippen molar-refractivity contribution in [2.45, 2.75) is 6.85 Å². The summed E-state index contributed by atoms with van der Waals surface area (Å²) in [6.45, 7) is -3.11. The molecule has 19 aromatic carbocycles. The number of aryl methyl sites for hydroxylation is 1. The van der Waals surface area contributed by atoms with Crippen molar-refractivity contribution in [3.05, 3.63) is 454 Å². The molecule has 2 aliphatic heterocycles. The third kappa shape index (κ3) is 11.7. The molecule has 560 valence electrons. The van der Waals surface area contributed by atoms with Crippen LogP contribution in [0.2, 0.25) is 0 Å². The first kappa shape index (κ1) is 66.7. The van der Waals surface area contributed by atoms with Crippen molar-refractivity contribution in [1.29, 1.82) is 0 Å². The van der Waals surface area contributed by atoms with Gasteiger partial charge in [0.15, 0.2) is 0 Å². The SMILES string of the molecule is [2H]C([2H])([2H])c1cc2c3c(c1)N(c1c(-c4ccccc4)cccc1-c1ccc(-c4ccccc4-c4ccccc4)cc1)c1cc(-n4c5ccccc5c5cc(-c6ccccc6)ccc54)ccc1B3c1ccc(-n3c4ccccc4c4cc(-c5ccccc5)ccc43)cc1N2c1c(-c2ccccc2)cccc1-c1ccc(-c2ccccc2-c2ccccc2)cc1. The molecule has 2 aromatic heterocycles. The van der Waals surface area contributed by atoms with Gasteiger partial charge in [0.25, 0.3) is 6.71 Å². The molecule has 21 aromatic rings. The van der Waals surface area contributed by atoms with Crippen LogP contribution in [-0.2, 0) is 0 Å². The molecule has 0 fully saturated rings. The molecular weight excluding hydrogens is 1450 g/mol. The van der Waals surface area contributed by atoms with Gasteiger partial charge in [-0.2, -0.15) is 0 Å². The minimum atomic E-state index is -2.63.